The summed E-state index contributed by atoms with van der Waals surface area (Å²) in [7, 11) is 0. The molecule has 1 aliphatic rings. The summed E-state index contributed by atoms with van der Waals surface area (Å²) in [4.78, 5) is 12.0. The van der Waals surface area contributed by atoms with E-state index in [9.17, 15) is 4.79 Å². The van der Waals surface area contributed by atoms with Crippen LogP contribution in [0.2, 0.25) is 0 Å². The lowest BCUT2D eigenvalue weighted by atomic mass is 9.79. The highest BCUT2D eigenvalue weighted by atomic mass is 16.5. The molecule has 0 saturated heterocycles. The van der Waals surface area contributed by atoms with E-state index < -0.39 is 0 Å². The fraction of sp³-hybridized carbons (Fsp3) is 0.824. The van der Waals surface area contributed by atoms with Gasteiger partial charge in [0.15, 0.2) is 0 Å². The summed E-state index contributed by atoms with van der Waals surface area (Å²) in [6.45, 7) is 9.73. The molecule has 3 nitrogen and oxygen atoms in total. The van der Waals surface area contributed by atoms with Crippen molar-refractivity contribution >= 4 is 5.91 Å². The van der Waals surface area contributed by atoms with E-state index in [1.807, 2.05) is 6.92 Å². The van der Waals surface area contributed by atoms with Crippen molar-refractivity contribution in [2.24, 2.45) is 11.8 Å². The molecule has 0 heterocycles. The molecule has 0 aromatic carbocycles. The molecule has 0 bridgehead atoms. The van der Waals surface area contributed by atoms with Crippen molar-refractivity contribution in [3.8, 4) is 0 Å². The SMILES string of the molecule is C=C(C)COCCNC(=O)C1CCC(CCCC)CC1. The van der Waals surface area contributed by atoms with Gasteiger partial charge in [-0.25, -0.2) is 0 Å². The quantitative estimate of drug-likeness (QED) is 0.517. The predicted molar refractivity (Wildman–Crippen MR) is 83.6 cm³/mol. The lowest BCUT2D eigenvalue weighted by Crippen LogP contribution is -2.35. The normalized spacial score (nSPS) is 22.5. The fourth-order valence-electron chi connectivity index (χ4n) is 2.84. The zero-order valence-corrected chi connectivity index (χ0v) is 13.2. The molecule has 1 saturated carbocycles. The van der Waals surface area contributed by atoms with Gasteiger partial charge in [0, 0.05) is 12.5 Å². The summed E-state index contributed by atoms with van der Waals surface area (Å²) in [5.74, 6) is 1.31. The molecule has 0 radical (unpaired) electrons. The van der Waals surface area contributed by atoms with Gasteiger partial charge in [0.25, 0.3) is 0 Å². The third kappa shape index (κ3) is 7.09. The number of hydrogen-bond acceptors (Lipinski definition) is 2. The van der Waals surface area contributed by atoms with Crippen LogP contribution in [0.5, 0.6) is 0 Å². The van der Waals surface area contributed by atoms with Crippen LogP contribution in [-0.2, 0) is 9.53 Å². The number of nitrogens with one attached hydrogen (secondary N) is 1. The van der Waals surface area contributed by atoms with Crippen LogP contribution in [0.3, 0.4) is 0 Å². The molecular formula is C17H31NO2. The molecule has 1 aliphatic carbocycles. The Labute approximate surface area is 124 Å². The number of rotatable bonds is 9. The predicted octanol–water partition coefficient (Wildman–Crippen LogP) is 3.69. The first-order chi connectivity index (χ1) is 9.63. The van der Waals surface area contributed by atoms with Crippen LogP contribution < -0.4 is 5.32 Å². The smallest absolute Gasteiger partial charge is 0.223 e. The zero-order valence-electron chi connectivity index (χ0n) is 13.2. The lowest BCUT2D eigenvalue weighted by Gasteiger charge is -2.27. The Bertz CT molecular complexity index is 293. The molecule has 3 heteroatoms. The van der Waals surface area contributed by atoms with Gasteiger partial charge in [-0.3, -0.25) is 4.79 Å². The van der Waals surface area contributed by atoms with Crippen molar-refractivity contribution in [1.82, 2.24) is 5.32 Å². The Morgan fingerprint density at radius 3 is 2.60 bits per heavy atom. The number of amides is 1. The van der Waals surface area contributed by atoms with Crippen molar-refractivity contribution in [2.75, 3.05) is 19.8 Å². The Balaban J connectivity index is 2.08. The summed E-state index contributed by atoms with van der Waals surface area (Å²) < 4.78 is 5.38. The number of ether oxygens (including phenoxy) is 1. The minimum absolute atomic E-state index is 0.220. The number of unbranched alkanes of at least 4 members (excludes halogenated alkanes) is 1. The summed E-state index contributed by atoms with van der Waals surface area (Å²) in [6.07, 6.45) is 8.54. The van der Waals surface area contributed by atoms with Crippen molar-refractivity contribution in [2.45, 2.75) is 58.8 Å². The highest BCUT2D eigenvalue weighted by Gasteiger charge is 2.25. The molecule has 0 aliphatic heterocycles. The van der Waals surface area contributed by atoms with Gasteiger partial charge in [0.1, 0.15) is 0 Å². The van der Waals surface area contributed by atoms with Crippen LogP contribution in [0.15, 0.2) is 12.2 Å². The first-order valence-electron chi connectivity index (χ1n) is 8.13. The second-order valence-corrected chi connectivity index (χ2v) is 6.16. The van der Waals surface area contributed by atoms with E-state index in [4.69, 9.17) is 4.74 Å². The van der Waals surface area contributed by atoms with Crippen molar-refractivity contribution in [3.63, 3.8) is 0 Å². The van der Waals surface area contributed by atoms with Crippen LogP contribution in [0.25, 0.3) is 0 Å². The molecule has 1 N–H and O–H groups in total. The highest BCUT2D eigenvalue weighted by molar-refractivity contribution is 5.78. The Kier molecular flexibility index (Phi) is 8.59. The molecule has 20 heavy (non-hydrogen) atoms. The van der Waals surface area contributed by atoms with Gasteiger partial charge in [-0.2, -0.15) is 0 Å². The van der Waals surface area contributed by atoms with Crippen LogP contribution in [0, 0.1) is 11.8 Å². The molecule has 1 rings (SSSR count). The van der Waals surface area contributed by atoms with Crippen molar-refractivity contribution in [3.05, 3.63) is 12.2 Å². The van der Waals surface area contributed by atoms with Gasteiger partial charge >= 0.3 is 0 Å². The van der Waals surface area contributed by atoms with Gasteiger partial charge in [0.2, 0.25) is 5.91 Å². The molecule has 0 spiro atoms. The van der Waals surface area contributed by atoms with Gasteiger partial charge in [-0.15, -0.1) is 0 Å². The molecule has 0 aromatic rings. The lowest BCUT2D eigenvalue weighted by molar-refractivity contribution is -0.126. The third-order valence-electron chi connectivity index (χ3n) is 4.08. The Morgan fingerprint density at radius 1 is 1.30 bits per heavy atom. The number of hydrogen-bond donors (Lipinski definition) is 1. The highest BCUT2D eigenvalue weighted by Crippen LogP contribution is 2.31. The molecule has 1 amide bonds. The minimum Gasteiger partial charge on any atom is -0.375 e. The average Bonchev–Trinajstić information content (AvgIpc) is 2.44. The monoisotopic (exact) mass is 281 g/mol. The topological polar surface area (TPSA) is 38.3 Å². The third-order valence-corrected chi connectivity index (χ3v) is 4.08. The maximum absolute atomic E-state index is 12.0. The van der Waals surface area contributed by atoms with Crippen molar-refractivity contribution in [1.29, 1.82) is 0 Å². The van der Waals surface area contributed by atoms with E-state index in [0.29, 0.717) is 19.8 Å². The van der Waals surface area contributed by atoms with Crippen LogP contribution in [0.1, 0.15) is 58.8 Å². The second kappa shape index (κ2) is 9.98. The first kappa shape index (κ1) is 17.2. The molecular weight excluding hydrogens is 250 g/mol. The molecule has 0 unspecified atom stereocenters. The van der Waals surface area contributed by atoms with E-state index in [1.165, 1.54) is 32.1 Å². The van der Waals surface area contributed by atoms with Gasteiger partial charge in [-0.05, 0) is 38.5 Å². The standard InChI is InChI=1S/C17H31NO2/c1-4-5-6-15-7-9-16(10-8-15)17(19)18-11-12-20-13-14(2)3/h15-16H,2,4-13H2,1,3H3,(H,18,19). The summed E-state index contributed by atoms with van der Waals surface area (Å²) in [6, 6.07) is 0. The molecule has 116 valence electrons. The molecule has 0 aromatic heterocycles. The van der Waals surface area contributed by atoms with E-state index >= 15 is 0 Å². The first-order valence-corrected chi connectivity index (χ1v) is 8.13. The Hall–Kier alpha value is -0.830. The van der Waals surface area contributed by atoms with Crippen LogP contribution in [0.4, 0.5) is 0 Å². The van der Waals surface area contributed by atoms with Gasteiger partial charge in [-0.1, -0.05) is 38.3 Å². The van der Waals surface area contributed by atoms with Gasteiger partial charge < -0.3 is 10.1 Å². The molecule has 0 atom stereocenters. The van der Waals surface area contributed by atoms with Crippen molar-refractivity contribution < 1.29 is 9.53 Å². The average molecular weight is 281 g/mol. The van der Waals surface area contributed by atoms with E-state index in [2.05, 4.69) is 18.8 Å². The van der Waals surface area contributed by atoms with E-state index in [0.717, 1.165) is 24.3 Å². The summed E-state index contributed by atoms with van der Waals surface area (Å²) in [5.41, 5.74) is 1.02. The fourth-order valence-corrected chi connectivity index (χ4v) is 2.84. The second-order valence-electron chi connectivity index (χ2n) is 6.16. The zero-order chi connectivity index (χ0) is 14.8. The Morgan fingerprint density at radius 2 is 2.00 bits per heavy atom. The number of carbonyl (C=O) groups is 1. The van der Waals surface area contributed by atoms with Gasteiger partial charge in [0.05, 0.1) is 13.2 Å². The maximum Gasteiger partial charge on any atom is 0.223 e. The minimum atomic E-state index is 0.220. The van der Waals surface area contributed by atoms with Crippen LogP contribution >= 0.6 is 0 Å². The maximum atomic E-state index is 12.0. The van der Waals surface area contributed by atoms with Crippen LogP contribution in [-0.4, -0.2) is 25.7 Å². The number of carbonyl (C=O) groups excluding carboxylic acids is 1. The van der Waals surface area contributed by atoms with E-state index in [1.54, 1.807) is 0 Å². The largest absolute Gasteiger partial charge is 0.375 e. The summed E-state index contributed by atoms with van der Waals surface area (Å²) in [5, 5.41) is 2.99. The van der Waals surface area contributed by atoms with E-state index in [-0.39, 0.29) is 11.8 Å². The summed E-state index contributed by atoms with van der Waals surface area (Å²) >= 11 is 0. The molecule has 1 fully saturated rings.